The van der Waals surface area contributed by atoms with Crippen molar-refractivity contribution in [1.82, 2.24) is 0 Å². The third-order valence-electron chi connectivity index (χ3n) is 7.94. The van der Waals surface area contributed by atoms with E-state index in [9.17, 15) is 0 Å². The predicted octanol–water partition coefficient (Wildman–Crippen LogP) is 7.55. The molecule has 0 bridgehead atoms. The van der Waals surface area contributed by atoms with E-state index in [2.05, 4.69) is 150 Å². The molecule has 3 heteroatoms. The minimum Gasteiger partial charge on any atom is -0.456 e. The van der Waals surface area contributed by atoms with Gasteiger partial charge in [0.1, 0.15) is 11.2 Å². The molecule has 0 radical (unpaired) electrons. The molecule has 2 nitrogen and oxygen atoms in total. The van der Waals surface area contributed by atoms with Gasteiger partial charge in [0.25, 0.3) is 6.71 Å². The summed E-state index contributed by atoms with van der Waals surface area (Å²) >= 11 is 0. The summed E-state index contributed by atoms with van der Waals surface area (Å²) < 4.78 is 6.85. The lowest BCUT2D eigenvalue weighted by atomic mass is 9.35. The lowest BCUT2D eigenvalue weighted by molar-refractivity contribution is 0.672. The number of furan rings is 1. The van der Waals surface area contributed by atoms with Gasteiger partial charge in [-0.25, -0.2) is 0 Å². The zero-order valence-corrected chi connectivity index (χ0v) is 21.3. The Morgan fingerprint density at radius 1 is 0.436 bits per heavy atom. The molecule has 6 aromatic carbocycles. The fraction of sp³-hybridized carbons (Fsp3) is 0. The van der Waals surface area contributed by atoms with Gasteiger partial charge in [-0.1, -0.05) is 121 Å². The standard InChI is InChI=1S/C36H24BNO/c1-3-13-25(14-4-1)27-17-11-18-28-29-19-12-22-32(36(29)39-35(27)28)37-30-20-7-9-23-33(30)38(26-15-5-2-6-16-26)34-24-10-8-21-31(34)37/h1-24H. The number of hydrogen-bond donors (Lipinski definition) is 0. The lowest BCUT2D eigenvalue weighted by Crippen LogP contribution is -2.57. The van der Waals surface area contributed by atoms with E-state index < -0.39 is 0 Å². The van der Waals surface area contributed by atoms with Gasteiger partial charge in [0.05, 0.1) is 0 Å². The minimum atomic E-state index is 0.0433. The highest BCUT2D eigenvalue weighted by Crippen LogP contribution is 2.38. The Kier molecular flexibility index (Phi) is 4.96. The van der Waals surface area contributed by atoms with Crippen LogP contribution >= 0.6 is 0 Å². The van der Waals surface area contributed by atoms with Gasteiger partial charge in [0, 0.05) is 33.4 Å². The molecular weight excluding hydrogens is 473 g/mol. The number of fused-ring (bicyclic) bond motifs is 5. The summed E-state index contributed by atoms with van der Waals surface area (Å²) in [6.45, 7) is 0.0433. The topological polar surface area (TPSA) is 16.4 Å². The average molecular weight is 497 g/mol. The summed E-state index contributed by atoms with van der Waals surface area (Å²) in [6, 6.07) is 51.8. The number of para-hydroxylation sites is 5. The Morgan fingerprint density at radius 2 is 0.974 bits per heavy atom. The highest BCUT2D eigenvalue weighted by Gasteiger charge is 2.36. The molecule has 0 amide bonds. The van der Waals surface area contributed by atoms with Crippen LogP contribution in [0.2, 0.25) is 0 Å². The highest BCUT2D eigenvalue weighted by atomic mass is 16.3. The molecule has 2 heterocycles. The second-order valence-electron chi connectivity index (χ2n) is 10.1. The summed E-state index contributed by atoms with van der Waals surface area (Å²) in [5.41, 5.74) is 11.5. The molecule has 0 N–H and O–H groups in total. The molecule has 0 spiro atoms. The van der Waals surface area contributed by atoms with Crippen molar-refractivity contribution in [3.8, 4) is 11.1 Å². The quantitative estimate of drug-likeness (QED) is 0.234. The van der Waals surface area contributed by atoms with Crippen LogP contribution in [0.3, 0.4) is 0 Å². The van der Waals surface area contributed by atoms with Crippen molar-refractivity contribution in [3.05, 3.63) is 146 Å². The van der Waals surface area contributed by atoms with Crippen LogP contribution in [0.15, 0.2) is 150 Å². The third-order valence-corrected chi connectivity index (χ3v) is 7.94. The number of hydrogen-bond acceptors (Lipinski definition) is 2. The van der Waals surface area contributed by atoms with E-state index in [0.29, 0.717) is 0 Å². The van der Waals surface area contributed by atoms with Crippen molar-refractivity contribution in [2.24, 2.45) is 0 Å². The van der Waals surface area contributed by atoms with Gasteiger partial charge >= 0.3 is 0 Å². The van der Waals surface area contributed by atoms with Crippen molar-refractivity contribution >= 4 is 62.1 Å². The van der Waals surface area contributed by atoms with Crippen molar-refractivity contribution in [1.29, 1.82) is 0 Å². The lowest BCUT2D eigenvalue weighted by Gasteiger charge is -2.36. The molecule has 7 aromatic rings. The molecule has 0 fully saturated rings. The summed E-state index contributed by atoms with van der Waals surface area (Å²) in [7, 11) is 0. The first-order valence-electron chi connectivity index (χ1n) is 13.4. The second kappa shape index (κ2) is 8.78. The normalized spacial score (nSPS) is 12.5. The molecule has 1 aromatic heterocycles. The molecule has 0 atom stereocenters. The zero-order chi connectivity index (χ0) is 25.8. The number of rotatable bonds is 3. The Hall–Kier alpha value is -5.02. The fourth-order valence-corrected chi connectivity index (χ4v) is 6.27. The van der Waals surface area contributed by atoms with Crippen LogP contribution in [0.25, 0.3) is 33.1 Å². The van der Waals surface area contributed by atoms with Gasteiger partial charge in [0.15, 0.2) is 0 Å². The van der Waals surface area contributed by atoms with Crippen molar-refractivity contribution in [2.75, 3.05) is 4.90 Å². The van der Waals surface area contributed by atoms with Gasteiger partial charge in [0.2, 0.25) is 0 Å². The largest absolute Gasteiger partial charge is 0.456 e. The molecule has 0 saturated heterocycles. The van der Waals surface area contributed by atoms with Crippen LogP contribution < -0.4 is 21.3 Å². The average Bonchev–Trinajstić information content (AvgIpc) is 3.40. The van der Waals surface area contributed by atoms with E-state index in [1.165, 1.54) is 27.8 Å². The molecule has 39 heavy (non-hydrogen) atoms. The summed E-state index contributed by atoms with van der Waals surface area (Å²) in [6.07, 6.45) is 0. The maximum absolute atomic E-state index is 6.85. The minimum absolute atomic E-state index is 0.0433. The molecule has 0 saturated carbocycles. The van der Waals surface area contributed by atoms with E-state index in [-0.39, 0.29) is 6.71 Å². The monoisotopic (exact) mass is 497 g/mol. The maximum Gasteiger partial charge on any atom is 0.251 e. The van der Waals surface area contributed by atoms with E-state index in [0.717, 1.165) is 38.8 Å². The summed E-state index contributed by atoms with van der Waals surface area (Å²) in [4.78, 5) is 2.38. The van der Waals surface area contributed by atoms with Crippen molar-refractivity contribution in [2.45, 2.75) is 0 Å². The van der Waals surface area contributed by atoms with Gasteiger partial charge in [-0.15, -0.1) is 0 Å². The van der Waals surface area contributed by atoms with Crippen LogP contribution in [0.1, 0.15) is 0 Å². The first-order valence-corrected chi connectivity index (χ1v) is 13.4. The molecule has 0 unspecified atom stereocenters. The van der Waals surface area contributed by atoms with E-state index in [4.69, 9.17) is 4.42 Å². The number of benzene rings is 6. The Bertz CT molecular complexity index is 1930. The number of nitrogens with zero attached hydrogens (tertiary/aromatic N) is 1. The van der Waals surface area contributed by atoms with Crippen molar-refractivity contribution < 1.29 is 4.42 Å². The SMILES string of the molecule is c1ccc(-c2cccc3c2oc2c(B4c5ccccc5N(c5ccccc5)c5ccccc54)cccc23)cc1. The summed E-state index contributed by atoms with van der Waals surface area (Å²) in [5, 5.41) is 2.30. The smallest absolute Gasteiger partial charge is 0.251 e. The van der Waals surface area contributed by atoms with E-state index >= 15 is 0 Å². The highest BCUT2D eigenvalue weighted by molar-refractivity contribution is 6.99. The molecule has 1 aliphatic rings. The van der Waals surface area contributed by atoms with Gasteiger partial charge in [-0.05, 0) is 46.2 Å². The zero-order valence-electron chi connectivity index (χ0n) is 21.3. The van der Waals surface area contributed by atoms with Crippen molar-refractivity contribution in [3.63, 3.8) is 0 Å². The van der Waals surface area contributed by atoms with E-state index in [1.54, 1.807) is 0 Å². The number of anilines is 3. The molecule has 8 rings (SSSR count). The second-order valence-corrected chi connectivity index (χ2v) is 10.1. The Balaban J connectivity index is 1.40. The van der Waals surface area contributed by atoms with Gasteiger partial charge < -0.3 is 9.32 Å². The third kappa shape index (κ3) is 3.37. The van der Waals surface area contributed by atoms with Crippen LogP contribution in [0.4, 0.5) is 17.1 Å². The first-order chi connectivity index (χ1) is 19.4. The molecule has 182 valence electrons. The Morgan fingerprint density at radius 3 is 1.67 bits per heavy atom. The molecule has 1 aliphatic heterocycles. The predicted molar refractivity (Wildman–Crippen MR) is 165 cm³/mol. The molecular formula is C36H24BNO. The fourth-order valence-electron chi connectivity index (χ4n) is 6.27. The first kappa shape index (κ1) is 22.0. The molecule has 0 aliphatic carbocycles. The van der Waals surface area contributed by atoms with Crippen LogP contribution in [-0.4, -0.2) is 6.71 Å². The van der Waals surface area contributed by atoms with Crippen LogP contribution in [-0.2, 0) is 0 Å². The maximum atomic E-state index is 6.85. The van der Waals surface area contributed by atoms with Crippen LogP contribution in [0, 0.1) is 0 Å². The van der Waals surface area contributed by atoms with Gasteiger partial charge in [-0.3, -0.25) is 0 Å². The van der Waals surface area contributed by atoms with Gasteiger partial charge in [-0.2, -0.15) is 0 Å². The Labute approximate surface area is 227 Å². The van der Waals surface area contributed by atoms with E-state index in [1.807, 2.05) is 0 Å². The summed E-state index contributed by atoms with van der Waals surface area (Å²) in [5.74, 6) is 0. The van der Waals surface area contributed by atoms with Crippen LogP contribution in [0.5, 0.6) is 0 Å².